The van der Waals surface area contributed by atoms with Gasteiger partial charge in [0.05, 0.1) is 0 Å². The van der Waals surface area contributed by atoms with Crippen molar-refractivity contribution in [1.29, 1.82) is 0 Å². The number of benzene rings is 1. The third kappa shape index (κ3) is 3.61. The third-order valence-electron chi connectivity index (χ3n) is 3.60. The summed E-state index contributed by atoms with van der Waals surface area (Å²) < 4.78 is 14.1. The fourth-order valence-corrected chi connectivity index (χ4v) is 3.00. The predicted octanol–water partition coefficient (Wildman–Crippen LogP) is 2.60. The Morgan fingerprint density at radius 2 is 2.05 bits per heavy atom. The first-order valence-electron chi connectivity index (χ1n) is 6.98. The second kappa shape index (κ2) is 6.56. The van der Waals surface area contributed by atoms with Crippen LogP contribution in [0.3, 0.4) is 0 Å². The van der Waals surface area contributed by atoms with Crippen molar-refractivity contribution in [1.82, 2.24) is 10.2 Å². The molecule has 21 heavy (non-hydrogen) atoms. The highest BCUT2D eigenvalue weighted by molar-refractivity contribution is 9.10. The van der Waals surface area contributed by atoms with Gasteiger partial charge in [-0.25, -0.2) is 4.39 Å². The van der Waals surface area contributed by atoms with E-state index in [-0.39, 0.29) is 24.2 Å². The summed E-state index contributed by atoms with van der Waals surface area (Å²) in [6.45, 7) is 3.87. The summed E-state index contributed by atoms with van der Waals surface area (Å²) in [7, 11) is 0. The minimum atomic E-state index is -0.548. The smallest absolute Gasteiger partial charge is 0.246 e. The number of nitrogens with one attached hydrogen (secondary N) is 1. The van der Waals surface area contributed by atoms with Gasteiger partial charge in [0.1, 0.15) is 17.9 Å². The van der Waals surface area contributed by atoms with Crippen molar-refractivity contribution in [3.63, 3.8) is 0 Å². The zero-order valence-electron chi connectivity index (χ0n) is 12.0. The lowest BCUT2D eigenvalue weighted by molar-refractivity contribution is -0.149. The maximum absolute atomic E-state index is 13.4. The second-order valence-electron chi connectivity index (χ2n) is 5.27. The van der Waals surface area contributed by atoms with Crippen LogP contribution in [0.25, 0.3) is 0 Å². The molecule has 2 amide bonds. The van der Waals surface area contributed by atoms with E-state index in [0.717, 1.165) is 6.42 Å². The largest absolute Gasteiger partial charge is 0.343 e. The molecule has 0 aliphatic carbocycles. The molecule has 1 aliphatic rings. The molecule has 1 aromatic carbocycles. The normalized spacial score (nSPS) is 22.4. The minimum absolute atomic E-state index is 0.107. The van der Waals surface area contributed by atoms with Gasteiger partial charge in [-0.3, -0.25) is 9.59 Å². The van der Waals surface area contributed by atoms with Crippen LogP contribution in [0.15, 0.2) is 22.7 Å². The minimum Gasteiger partial charge on any atom is -0.343 e. The van der Waals surface area contributed by atoms with E-state index < -0.39 is 12.1 Å². The highest BCUT2D eigenvalue weighted by Gasteiger charge is 2.37. The topological polar surface area (TPSA) is 49.4 Å². The lowest BCUT2D eigenvalue weighted by Gasteiger charge is -2.37. The highest BCUT2D eigenvalue weighted by Crippen LogP contribution is 2.20. The lowest BCUT2D eigenvalue weighted by Crippen LogP contribution is -2.61. The number of halogens is 2. The Morgan fingerprint density at radius 3 is 2.67 bits per heavy atom. The molecule has 1 fully saturated rings. The van der Waals surface area contributed by atoms with Crippen molar-refractivity contribution in [3.05, 3.63) is 34.1 Å². The van der Waals surface area contributed by atoms with Crippen molar-refractivity contribution < 1.29 is 14.0 Å². The summed E-state index contributed by atoms with van der Waals surface area (Å²) in [6, 6.07) is 3.47. The third-order valence-corrected chi connectivity index (χ3v) is 4.06. The highest BCUT2D eigenvalue weighted by atomic mass is 79.9. The Bertz CT molecular complexity index is 544. The number of hydrogen-bond acceptors (Lipinski definition) is 2. The second-order valence-corrected chi connectivity index (χ2v) is 6.19. The van der Waals surface area contributed by atoms with Crippen LogP contribution in [-0.4, -0.2) is 28.8 Å². The first kappa shape index (κ1) is 15.9. The van der Waals surface area contributed by atoms with Crippen LogP contribution in [0.5, 0.6) is 0 Å². The number of rotatable bonds is 4. The number of carbonyl (C=O) groups excluding carboxylic acids is 2. The van der Waals surface area contributed by atoms with Gasteiger partial charge in [0.2, 0.25) is 11.8 Å². The van der Waals surface area contributed by atoms with Crippen molar-refractivity contribution >= 4 is 27.7 Å². The average molecular weight is 357 g/mol. The summed E-state index contributed by atoms with van der Waals surface area (Å²) in [5, 5.41) is 2.74. The van der Waals surface area contributed by atoms with Crippen molar-refractivity contribution in [2.45, 2.75) is 45.3 Å². The zero-order valence-corrected chi connectivity index (χ0v) is 13.6. The SMILES string of the molecule is CCCC1NC(=O)C(C)N(Cc2cc(F)cc(Br)c2)C1=O. The molecule has 0 spiro atoms. The zero-order chi connectivity index (χ0) is 15.6. The molecule has 1 N–H and O–H groups in total. The van der Waals surface area contributed by atoms with Crippen LogP contribution >= 0.6 is 15.9 Å². The van der Waals surface area contributed by atoms with Gasteiger partial charge in [-0.2, -0.15) is 0 Å². The van der Waals surface area contributed by atoms with Crippen LogP contribution < -0.4 is 5.32 Å². The van der Waals surface area contributed by atoms with E-state index in [0.29, 0.717) is 16.5 Å². The van der Waals surface area contributed by atoms with E-state index in [4.69, 9.17) is 0 Å². The number of hydrogen-bond donors (Lipinski definition) is 1. The van der Waals surface area contributed by atoms with E-state index in [1.54, 1.807) is 13.0 Å². The summed E-state index contributed by atoms with van der Waals surface area (Å²) in [5.41, 5.74) is 0.659. The van der Waals surface area contributed by atoms with Gasteiger partial charge in [0, 0.05) is 11.0 Å². The molecular weight excluding hydrogens is 339 g/mol. The van der Waals surface area contributed by atoms with Gasteiger partial charge in [-0.1, -0.05) is 29.3 Å². The molecule has 1 heterocycles. The van der Waals surface area contributed by atoms with Gasteiger partial charge in [-0.05, 0) is 37.1 Å². The number of carbonyl (C=O) groups is 2. The van der Waals surface area contributed by atoms with Crippen LogP contribution in [0.2, 0.25) is 0 Å². The first-order chi connectivity index (χ1) is 9.92. The predicted molar refractivity (Wildman–Crippen MR) is 81.0 cm³/mol. The van der Waals surface area contributed by atoms with Gasteiger partial charge in [0.25, 0.3) is 0 Å². The van der Waals surface area contributed by atoms with E-state index in [1.807, 2.05) is 6.92 Å². The Hall–Kier alpha value is -1.43. The van der Waals surface area contributed by atoms with Gasteiger partial charge < -0.3 is 10.2 Å². The molecule has 4 nitrogen and oxygen atoms in total. The quantitative estimate of drug-likeness (QED) is 0.901. The maximum atomic E-state index is 13.4. The summed E-state index contributed by atoms with van der Waals surface area (Å²) in [4.78, 5) is 25.9. The molecule has 0 radical (unpaired) electrons. The van der Waals surface area contributed by atoms with Crippen LogP contribution in [0, 0.1) is 5.82 Å². The number of piperazine rings is 1. The number of nitrogens with zero attached hydrogens (tertiary/aromatic N) is 1. The molecule has 1 aromatic rings. The van der Waals surface area contributed by atoms with E-state index in [9.17, 15) is 14.0 Å². The molecule has 0 aromatic heterocycles. The van der Waals surface area contributed by atoms with Crippen molar-refractivity contribution in [2.24, 2.45) is 0 Å². The molecule has 2 rings (SSSR count). The lowest BCUT2D eigenvalue weighted by atomic mass is 10.0. The molecular formula is C15H18BrFN2O2. The average Bonchev–Trinajstić information content (AvgIpc) is 2.40. The first-order valence-corrected chi connectivity index (χ1v) is 7.77. The van der Waals surface area contributed by atoms with Gasteiger partial charge >= 0.3 is 0 Å². The molecule has 1 saturated heterocycles. The molecule has 0 bridgehead atoms. The van der Waals surface area contributed by atoms with Gasteiger partial charge in [0.15, 0.2) is 0 Å². The molecule has 2 unspecified atom stereocenters. The Balaban J connectivity index is 2.22. The van der Waals surface area contributed by atoms with Crippen molar-refractivity contribution in [3.8, 4) is 0 Å². The maximum Gasteiger partial charge on any atom is 0.246 e. The van der Waals surface area contributed by atoms with E-state index in [1.165, 1.54) is 17.0 Å². The molecule has 2 atom stereocenters. The fourth-order valence-electron chi connectivity index (χ4n) is 2.48. The summed E-state index contributed by atoms with van der Waals surface area (Å²) in [6.07, 6.45) is 1.42. The fraction of sp³-hybridized carbons (Fsp3) is 0.467. The van der Waals surface area contributed by atoms with E-state index >= 15 is 0 Å². The monoisotopic (exact) mass is 356 g/mol. The summed E-state index contributed by atoms with van der Waals surface area (Å²) in [5.74, 6) is -0.640. The summed E-state index contributed by atoms with van der Waals surface area (Å²) >= 11 is 3.23. The number of amides is 2. The van der Waals surface area contributed by atoms with Crippen LogP contribution in [0.4, 0.5) is 4.39 Å². The molecule has 114 valence electrons. The Labute approximate surface area is 131 Å². The van der Waals surface area contributed by atoms with Crippen molar-refractivity contribution in [2.75, 3.05) is 0 Å². The molecule has 6 heteroatoms. The Morgan fingerprint density at radius 1 is 1.33 bits per heavy atom. The molecule has 0 saturated carbocycles. The Kier molecular flexibility index (Phi) is 4.98. The van der Waals surface area contributed by atoms with E-state index in [2.05, 4.69) is 21.2 Å². The van der Waals surface area contributed by atoms with Crippen LogP contribution in [0.1, 0.15) is 32.3 Å². The standard InChI is InChI=1S/C15H18BrFN2O2/c1-3-4-13-15(21)19(9(2)14(20)18-13)8-10-5-11(16)7-12(17)6-10/h5-7,9,13H,3-4,8H2,1-2H3,(H,18,20). The van der Waals surface area contributed by atoms with Crippen LogP contribution in [-0.2, 0) is 16.1 Å². The molecule has 1 aliphatic heterocycles. The van der Waals surface area contributed by atoms with Gasteiger partial charge in [-0.15, -0.1) is 0 Å².